The summed E-state index contributed by atoms with van der Waals surface area (Å²) in [5.74, 6) is 0.644. The summed E-state index contributed by atoms with van der Waals surface area (Å²) in [4.78, 5) is 8.31. The van der Waals surface area contributed by atoms with Crippen molar-refractivity contribution < 1.29 is 0 Å². The fourth-order valence-electron chi connectivity index (χ4n) is 0.966. The number of hydrogen-bond donors (Lipinski definition) is 1. The Balaban J connectivity index is 3.01. The van der Waals surface area contributed by atoms with E-state index in [2.05, 4.69) is 9.98 Å². The number of hydrogen-bond acceptors (Lipinski definition) is 3. The van der Waals surface area contributed by atoms with E-state index >= 15 is 0 Å². The number of aryl methyl sites for hydroxylation is 1. The molecule has 0 unspecified atom stereocenters. The van der Waals surface area contributed by atoms with Crippen molar-refractivity contribution in [3.8, 4) is 0 Å². The van der Waals surface area contributed by atoms with E-state index in [0.29, 0.717) is 5.82 Å². The van der Waals surface area contributed by atoms with Gasteiger partial charge in [0.1, 0.15) is 11.5 Å². The lowest BCUT2D eigenvalue weighted by atomic mass is 10.3. The van der Waals surface area contributed by atoms with Crippen LogP contribution in [0.1, 0.15) is 19.5 Å². The number of aliphatic imine (C=N–C) groups is 1. The van der Waals surface area contributed by atoms with Crippen LogP contribution in [0, 0.1) is 0 Å². The third kappa shape index (κ3) is 1.96. The number of imidazole rings is 1. The van der Waals surface area contributed by atoms with Crippen LogP contribution in [0.15, 0.2) is 23.6 Å². The van der Waals surface area contributed by atoms with Crippen LogP contribution in [0.2, 0.25) is 0 Å². The number of aromatic nitrogens is 2. The van der Waals surface area contributed by atoms with Gasteiger partial charge in [-0.25, -0.2) is 4.98 Å². The highest BCUT2D eigenvalue weighted by atomic mass is 15.1. The van der Waals surface area contributed by atoms with Crippen molar-refractivity contribution in [1.29, 1.82) is 0 Å². The first-order chi connectivity index (χ1) is 6.16. The molecule has 0 radical (unpaired) electrons. The topological polar surface area (TPSA) is 56.2 Å². The molecule has 4 nitrogen and oxygen atoms in total. The molecule has 13 heavy (non-hydrogen) atoms. The van der Waals surface area contributed by atoms with Crippen molar-refractivity contribution in [1.82, 2.24) is 9.55 Å². The fourth-order valence-corrected chi connectivity index (χ4v) is 0.966. The summed E-state index contributed by atoms with van der Waals surface area (Å²) >= 11 is 0. The predicted molar refractivity (Wildman–Crippen MR) is 54.6 cm³/mol. The number of nitrogens with two attached hydrogens (primary N) is 1. The van der Waals surface area contributed by atoms with E-state index in [1.807, 2.05) is 27.0 Å². The minimum Gasteiger partial charge on any atom is -0.383 e. The van der Waals surface area contributed by atoms with Crippen molar-refractivity contribution in [2.75, 3.05) is 5.73 Å². The maximum Gasteiger partial charge on any atom is 0.132 e. The van der Waals surface area contributed by atoms with E-state index in [4.69, 9.17) is 5.73 Å². The third-order valence-corrected chi connectivity index (χ3v) is 1.74. The molecule has 0 bridgehead atoms. The van der Waals surface area contributed by atoms with Gasteiger partial charge in [-0.2, -0.15) is 0 Å². The van der Waals surface area contributed by atoms with Gasteiger partial charge >= 0.3 is 0 Å². The molecule has 0 aliphatic heterocycles. The molecule has 1 aromatic heterocycles. The first kappa shape index (κ1) is 9.51. The van der Waals surface area contributed by atoms with Gasteiger partial charge in [0.25, 0.3) is 0 Å². The Morgan fingerprint density at radius 2 is 2.38 bits per heavy atom. The average Bonchev–Trinajstić information content (AvgIpc) is 2.44. The second-order valence-corrected chi connectivity index (χ2v) is 2.79. The molecule has 0 aromatic carbocycles. The van der Waals surface area contributed by atoms with Gasteiger partial charge < -0.3 is 10.3 Å². The Morgan fingerprint density at radius 1 is 1.69 bits per heavy atom. The van der Waals surface area contributed by atoms with Crippen LogP contribution < -0.4 is 5.73 Å². The molecule has 0 saturated carbocycles. The van der Waals surface area contributed by atoms with Crippen LogP contribution in [0.25, 0.3) is 0 Å². The average molecular weight is 178 g/mol. The van der Waals surface area contributed by atoms with Crippen LogP contribution in [0.3, 0.4) is 0 Å². The standard InChI is InChI=1S/C9H14N4/c1-4-5-11-7(2)8-9(10)13(3)6-12-8/h4-6H,10H2,1-3H3/b5-4-,11-7-. The quantitative estimate of drug-likeness (QED) is 0.695. The lowest BCUT2D eigenvalue weighted by Crippen LogP contribution is -2.02. The van der Waals surface area contributed by atoms with Gasteiger partial charge in [0, 0.05) is 13.2 Å². The van der Waals surface area contributed by atoms with Gasteiger partial charge in [-0.15, -0.1) is 0 Å². The number of nitrogens with zero attached hydrogens (tertiary/aromatic N) is 3. The number of nitrogen functional groups attached to an aromatic ring is 1. The molecule has 0 amide bonds. The summed E-state index contributed by atoms with van der Waals surface area (Å²) < 4.78 is 1.77. The maximum absolute atomic E-state index is 5.77. The molecule has 4 heteroatoms. The lowest BCUT2D eigenvalue weighted by Gasteiger charge is -1.97. The van der Waals surface area contributed by atoms with Crippen molar-refractivity contribution in [3.05, 3.63) is 24.3 Å². The fraction of sp³-hybridized carbons (Fsp3) is 0.333. The Morgan fingerprint density at radius 3 is 2.85 bits per heavy atom. The molecule has 0 fully saturated rings. The summed E-state index contributed by atoms with van der Waals surface area (Å²) in [5.41, 5.74) is 7.35. The molecular formula is C9H14N4. The van der Waals surface area contributed by atoms with E-state index in [9.17, 15) is 0 Å². The molecule has 0 aliphatic rings. The second kappa shape index (κ2) is 3.89. The summed E-state index contributed by atoms with van der Waals surface area (Å²) in [6.07, 6.45) is 5.27. The van der Waals surface area contributed by atoms with Gasteiger partial charge in [-0.1, -0.05) is 6.08 Å². The second-order valence-electron chi connectivity index (χ2n) is 2.79. The number of anilines is 1. The Kier molecular flexibility index (Phi) is 2.84. The van der Waals surface area contributed by atoms with E-state index in [0.717, 1.165) is 11.4 Å². The zero-order valence-electron chi connectivity index (χ0n) is 8.15. The molecule has 1 heterocycles. The van der Waals surface area contributed by atoms with Gasteiger partial charge in [0.15, 0.2) is 0 Å². The number of allylic oxidation sites excluding steroid dienone is 1. The van der Waals surface area contributed by atoms with Crippen LogP contribution in [0.5, 0.6) is 0 Å². The summed E-state index contributed by atoms with van der Waals surface area (Å²) in [5, 5.41) is 0. The zero-order chi connectivity index (χ0) is 9.84. The Labute approximate surface area is 77.8 Å². The summed E-state index contributed by atoms with van der Waals surface area (Å²) in [7, 11) is 1.86. The first-order valence-corrected chi connectivity index (χ1v) is 4.09. The zero-order valence-corrected chi connectivity index (χ0v) is 8.15. The molecular weight excluding hydrogens is 164 g/mol. The molecule has 0 saturated heterocycles. The van der Waals surface area contributed by atoms with E-state index in [-0.39, 0.29) is 0 Å². The molecule has 0 aliphatic carbocycles. The van der Waals surface area contributed by atoms with Gasteiger partial charge in [-0.3, -0.25) is 4.99 Å². The highest BCUT2D eigenvalue weighted by Gasteiger charge is 2.06. The minimum absolute atomic E-state index is 0.644. The highest BCUT2D eigenvalue weighted by Crippen LogP contribution is 2.09. The third-order valence-electron chi connectivity index (χ3n) is 1.74. The molecule has 1 aromatic rings. The lowest BCUT2D eigenvalue weighted by molar-refractivity contribution is 0.925. The monoisotopic (exact) mass is 178 g/mol. The van der Waals surface area contributed by atoms with E-state index in [1.54, 1.807) is 17.1 Å². The van der Waals surface area contributed by atoms with Crippen LogP contribution in [-0.2, 0) is 7.05 Å². The van der Waals surface area contributed by atoms with Crippen LogP contribution >= 0.6 is 0 Å². The Hall–Kier alpha value is -1.58. The SMILES string of the molecule is C/C=C\N=C(\C)c1ncn(C)c1N. The van der Waals surface area contributed by atoms with Gasteiger partial charge in [0.05, 0.1) is 12.0 Å². The maximum atomic E-state index is 5.77. The largest absolute Gasteiger partial charge is 0.383 e. The normalized spacial score (nSPS) is 12.7. The van der Waals surface area contributed by atoms with Crippen LogP contribution in [0.4, 0.5) is 5.82 Å². The van der Waals surface area contributed by atoms with Gasteiger partial charge in [-0.05, 0) is 13.8 Å². The van der Waals surface area contributed by atoms with Crippen molar-refractivity contribution >= 4 is 11.5 Å². The van der Waals surface area contributed by atoms with Gasteiger partial charge in [0.2, 0.25) is 0 Å². The van der Waals surface area contributed by atoms with Crippen molar-refractivity contribution in [3.63, 3.8) is 0 Å². The van der Waals surface area contributed by atoms with Crippen LogP contribution in [-0.4, -0.2) is 15.3 Å². The molecule has 0 atom stereocenters. The van der Waals surface area contributed by atoms with E-state index in [1.165, 1.54) is 0 Å². The molecule has 2 N–H and O–H groups in total. The predicted octanol–water partition coefficient (Wildman–Crippen LogP) is 1.34. The highest BCUT2D eigenvalue weighted by molar-refractivity contribution is 6.01. The van der Waals surface area contributed by atoms with Crippen molar-refractivity contribution in [2.24, 2.45) is 12.0 Å². The molecule has 1 rings (SSSR count). The van der Waals surface area contributed by atoms with Crippen molar-refractivity contribution in [2.45, 2.75) is 13.8 Å². The summed E-state index contributed by atoms with van der Waals surface area (Å²) in [6.45, 7) is 3.80. The summed E-state index contributed by atoms with van der Waals surface area (Å²) in [6, 6.07) is 0. The smallest absolute Gasteiger partial charge is 0.132 e. The minimum atomic E-state index is 0.644. The Bertz CT molecular complexity index is 346. The van der Waals surface area contributed by atoms with E-state index < -0.39 is 0 Å². The molecule has 0 spiro atoms. The molecule has 70 valence electrons. The number of rotatable bonds is 2. The first-order valence-electron chi connectivity index (χ1n) is 4.09.